The second kappa shape index (κ2) is 5.89. The van der Waals surface area contributed by atoms with Gasteiger partial charge in [0.2, 0.25) is 5.76 Å². The number of carbonyl (C=O) groups is 1. The molecule has 24 heavy (non-hydrogen) atoms. The maximum atomic E-state index is 12.6. The Kier molecular flexibility index (Phi) is 3.70. The first-order chi connectivity index (χ1) is 11.6. The lowest BCUT2D eigenvalue weighted by atomic mass is 9.94. The third-order valence-corrected chi connectivity index (χ3v) is 4.83. The summed E-state index contributed by atoms with van der Waals surface area (Å²) in [6, 6.07) is 3.24. The van der Waals surface area contributed by atoms with Crippen LogP contribution in [0.2, 0.25) is 0 Å². The Hall–Kier alpha value is -2.44. The normalized spacial score (nSPS) is 17.5. The van der Waals surface area contributed by atoms with E-state index in [2.05, 4.69) is 10.3 Å². The minimum Gasteiger partial charge on any atom is -0.350 e. The number of hydrogen-bond acceptors (Lipinski definition) is 5. The fourth-order valence-corrected chi connectivity index (χ4v) is 3.48. The highest BCUT2D eigenvalue weighted by Crippen LogP contribution is 2.27. The van der Waals surface area contributed by atoms with Crippen molar-refractivity contribution in [3.8, 4) is 0 Å². The van der Waals surface area contributed by atoms with Gasteiger partial charge in [-0.2, -0.15) is 5.10 Å². The van der Waals surface area contributed by atoms with Gasteiger partial charge in [0.05, 0.1) is 17.9 Å². The van der Waals surface area contributed by atoms with E-state index in [1.807, 2.05) is 6.92 Å². The first-order valence-electron chi connectivity index (χ1n) is 8.43. The molecular weight excluding hydrogens is 308 g/mol. The van der Waals surface area contributed by atoms with E-state index < -0.39 is 0 Å². The Bertz CT molecular complexity index is 833. The molecule has 7 nitrogen and oxygen atoms in total. The monoisotopic (exact) mass is 328 g/mol. The van der Waals surface area contributed by atoms with Crippen LogP contribution in [0.3, 0.4) is 0 Å². The van der Waals surface area contributed by atoms with Crippen LogP contribution in [0.5, 0.6) is 0 Å². The predicted octanol–water partition coefficient (Wildman–Crippen LogP) is 1.19. The van der Waals surface area contributed by atoms with Gasteiger partial charge in [0, 0.05) is 30.6 Å². The van der Waals surface area contributed by atoms with Crippen LogP contribution in [0, 0.1) is 12.8 Å². The van der Waals surface area contributed by atoms with Crippen LogP contribution >= 0.6 is 0 Å². The molecule has 1 amide bonds. The zero-order chi connectivity index (χ0) is 16.7. The van der Waals surface area contributed by atoms with E-state index in [0.717, 1.165) is 42.6 Å². The summed E-state index contributed by atoms with van der Waals surface area (Å²) in [5, 5.41) is 8.29. The Balaban J connectivity index is 1.40. The summed E-state index contributed by atoms with van der Waals surface area (Å²) in [5.41, 5.74) is 2.65. The van der Waals surface area contributed by atoms with Crippen molar-refractivity contribution in [2.24, 2.45) is 5.92 Å². The molecule has 0 radical (unpaired) electrons. The number of carbonyl (C=O) groups excluding carboxylic acids is 1. The first kappa shape index (κ1) is 15.1. The van der Waals surface area contributed by atoms with Gasteiger partial charge < -0.3 is 9.42 Å². The highest BCUT2D eigenvalue weighted by Gasteiger charge is 2.35. The molecule has 2 aliphatic rings. The molecule has 1 aliphatic carbocycles. The van der Waals surface area contributed by atoms with Gasteiger partial charge in [-0.1, -0.05) is 5.16 Å². The minimum absolute atomic E-state index is 0.0774. The molecule has 3 heterocycles. The summed E-state index contributed by atoms with van der Waals surface area (Å²) in [6.07, 6.45) is 3.97. The fraction of sp³-hybridized carbons (Fsp3) is 0.529. The van der Waals surface area contributed by atoms with Crippen LogP contribution in [-0.2, 0) is 19.4 Å². The molecule has 2 aromatic heterocycles. The topological polar surface area (TPSA) is 81.2 Å². The zero-order valence-electron chi connectivity index (χ0n) is 13.7. The van der Waals surface area contributed by atoms with Crippen molar-refractivity contribution in [1.29, 1.82) is 0 Å². The van der Waals surface area contributed by atoms with Crippen molar-refractivity contribution >= 4 is 5.91 Å². The lowest BCUT2D eigenvalue weighted by molar-refractivity contribution is 0.0417. The molecule has 0 N–H and O–H groups in total. The second-order valence-corrected chi connectivity index (χ2v) is 6.72. The molecule has 2 aromatic rings. The van der Waals surface area contributed by atoms with Crippen LogP contribution in [0.1, 0.15) is 40.3 Å². The SMILES string of the molecule is Cc1ccc(=O)n(CC2CN(C(=O)c3onc4c3CCCC4)C2)n1. The summed E-state index contributed by atoms with van der Waals surface area (Å²) >= 11 is 0. The maximum absolute atomic E-state index is 12.6. The van der Waals surface area contributed by atoms with E-state index >= 15 is 0 Å². The van der Waals surface area contributed by atoms with E-state index in [1.54, 1.807) is 11.0 Å². The lowest BCUT2D eigenvalue weighted by Crippen LogP contribution is -2.52. The standard InChI is InChI=1S/C17H20N4O3/c1-11-6-7-15(22)21(18-11)10-12-8-20(9-12)17(23)16-13-4-2-3-5-14(13)19-24-16/h6-7,12H,2-5,8-10H2,1H3. The van der Waals surface area contributed by atoms with Gasteiger partial charge in [-0.3, -0.25) is 9.59 Å². The Morgan fingerprint density at radius 2 is 2.08 bits per heavy atom. The molecule has 0 atom stereocenters. The van der Waals surface area contributed by atoms with Gasteiger partial charge in [-0.05, 0) is 38.7 Å². The van der Waals surface area contributed by atoms with E-state index in [4.69, 9.17) is 4.52 Å². The van der Waals surface area contributed by atoms with Crippen LogP contribution < -0.4 is 5.56 Å². The van der Waals surface area contributed by atoms with Crippen molar-refractivity contribution in [2.45, 2.75) is 39.2 Å². The van der Waals surface area contributed by atoms with Crippen LogP contribution in [0.4, 0.5) is 0 Å². The summed E-state index contributed by atoms with van der Waals surface area (Å²) in [6.45, 7) is 3.64. The molecule has 0 bridgehead atoms. The van der Waals surface area contributed by atoms with Crippen LogP contribution in [0.15, 0.2) is 21.5 Å². The average molecular weight is 328 g/mol. The molecule has 126 valence electrons. The molecule has 0 saturated carbocycles. The quantitative estimate of drug-likeness (QED) is 0.845. The van der Waals surface area contributed by atoms with E-state index in [-0.39, 0.29) is 17.4 Å². The second-order valence-electron chi connectivity index (χ2n) is 6.72. The van der Waals surface area contributed by atoms with Gasteiger partial charge in [0.15, 0.2) is 0 Å². The van der Waals surface area contributed by atoms with E-state index in [0.29, 0.717) is 25.4 Å². The van der Waals surface area contributed by atoms with Crippen molar-refractivity contribution in [2.75, 3.05) is 13.1 Å². The maximum Gasteiger partial charge on any atom is 0.292 e. The van der Waals surface area contributed by atoms with Crippen molar-refractivity contribution in [3.63, 3.8) is 0 Å². The van der Waals surface area contributed by atoms with Gasteiger partial charge >= 0.3 is 0 Å². The molecule has 1 aliphatic heterocycles. The number of fused-ring (bicyclic) bond motifs is 1. The summed E-state index contributed by atoms with van der Waals surface area (Å²) < 4.78 is 6.80. The number of rotatable bonds is 3. The molecule has 7 heteroatoms. The molecule has 1 fully saturated rings. The Morgan fingerprint density at radius 1 is 1.29 bits per heavy atom. The number of aryl methyl sites for hydroxylation is 2. The molecule has 4 rings (SSSR count). The zero-order valence-corrected chi connectivity index (χ0v) is 13.7. The fourth-order valence-electron chi connectivity index (χ4n) is 3.48. The molecular formula is C17H20N4O3. The number of amides is 1. The van der Waals surface area contributed by atoms with E-state index in [9.17, 15) is 9.59 Å². The van der Waals surface area contributed by atoms with Crippen molar-refractivity contribution < 1.29 is 9.32 Å². The average Bonchev–Trinajstić information content (AvgIpc) is 2.97. The third-order valence-electron chi connectivity index (χ3n) is 4.83. The lowest BCUT2D eigenvalue weighted by Gasteiger charge is -2.38. The number of likely N-dealkylation sites (tertiary alicyclic amines) is 1. The molecule has 0 aromatic carbocycles. The smallest absolute Gasteiger partial charge is 0.292 e. The van der Waals surface area contributed by atoms with Crippen LogP contribution in [0.25, 0.3) is 0 Å². The van der Waals surface area contributed by atoms with Gasteiger partial charge in [0.25, 0.3) is 11.5 Å². The van der Waals surface area contributed by atoms with Gasteiger partial charge in [-0.25, -0.2) is 4.68 Å². The number of aromatic nitrogens is 3. The van der Waals surface area contributed by atoms with E-state index in [1.165, 1.54) is 10.7 Å². The molecule has 0 unspecified atom stereocenters. The molecule has 1 saturated heterocycles. The van der Waals surface area contributed by atoms with Crippen LogP contribution in [-0.4, -0.2) is 38.8 Å². The summed E-state index contributed by atoms with van der Waals surface area (Å²) in [5.74, 6) is 0.583. The summed E-state index contributed by atoms with van der Waals surface area (Å²) in [7, 11) is 0. The highest BCUT2D eigenvalue weighted by molar-refractivity contribution is 5.93. The van der Waals surface area contributed by atoms with Gasteiger partial charge in [-0.15, -0.1) is 0 Å². The Labute approximate surface area is 139 Å². The highest BCUT2D eigenvalue weighted by atomic mass is 16.5. The summed E-state index contributed by atoms with van der Waals surface area (Å²) in [4.78, 5) is 26.2. The van der Waals surface area contributed by atoms with Crippen molar-refractivity contribution in [3.05, 3.63) is 45.2 Å². The molecule has 0 spiro atoms. The van der Waals surface area contributed by atoms with Crippen molar-refractivity contribution in [1.82, 2.24) is 19.8 Å². The van der Waals surface area contributed by atoms with Gasteiger partial charge in [0.1, 0.15) is 0 Å². The third kappa shape index (κ3) is 2.64. The number of hydrogen-bond donors (Lipinski definition) is 0. The predicted molar refractivity (Wildman–Crippen MR) is 85.8 cm³/mol. The first-order valence-corrected chi connectivity index (χ1v) is 8.43. The largest absolute Gasteiger partial charge is 0.350 e. The minimum atomic E-state index is -0.102. The Morgan fingerprint density at radius 3 is 2.92 bits per heavy atom. The number of nitrogens with zero attached hydrogens (tertiary/aromatic N) is 4.